The van der Waals surface area contributed by atoms with Gasteiger partial charge >= 0.3 is 0 Å². The number of aromatic nitrogens is 2. The summed E-state index contributed by atoms with van der Waals surface area (Å²) in [5, 5.41) is 16.2. The highest BCUT2D eigenvalue weighted by molar-refractivity contribution is 5.47. The Labute approximate surface area is 108 Å². The van der Waals surface area contributed by atoms with Gasteiger partial charge in [0, 0.05) is 25.6 Å². The summed E-state index contributed by atoms with van der Waals surface area (Å²) in [7, 11) is 0. The zero-order valence-corrected chi connectivity index (χ0v) is 11.1. The topological polar surface area (TPSA) is 70.1 Å². The molecule has 100 valence electrons. The van der Waals surface area contributed by atoms with Crippen LogP contribution in [0.5, 0.6) is 0 Å². The van der Waals surface area contributed by atoms with Crippen molar-refractivity contribution < 1.29 is 5.11 Å². The summed E-state index contributed by atoms with van der Waals surface area (Å²) in [5.41, 5.74) is 0. The van der Waals surface area contributed by atoms with Gasteiger partial charge in [-0.1, -0.05) is 6.92 Å². The van der Waals surface area contributed by atoms with Gasteiger partial charge in [0.25, 0.3) is 0 Å². The van der Waals surface area contributed by atoms with E-state index in [1.807, 2.05) is 19.9 Å². The van der Waals surface area contributed by atoms with Gasteiger partial charge in [-0.15, -0.1) is 0 Å². The molecule has 0 saturated heterocycles. The molecule has 1 atom stereocenters. The predicted octanol–water partition coefficient (Wildman–Crippen LogP) is 1.65. The Bertz CT molecular complexity index is 393. The van der Waals surface area contributed by atoms with Crippen LogP contribution in [0.2, 0.25) is 0 Å². The first-order chi connectivity index (χ1) is 8.72. The van der Waals surface area contributed by atoms with Crippen LogP contribution < -0.4 is 10.6 Å². The van der Waals surface area contributed by atoms with Crippen LogP contribution in [0.4, 0.5) is 11.6 Å². The third-order valence-electron chi connectivity index (χ3n) is 3.11. The van der Waals surface area contributed by atoms with Gasteiger partial charge in [-0.2, -0.15) is 0 Å². The fourth-order valence-electron chi connectivity index (χ4n) is 1.87. The number of aryl methyl sites for hydroxylation is 1. The molecule has 5 heteroatoms. The number of rotatable bonds is 7. The molecule has 2 rings (SSSR count). The summed E-state index contributed by atoms with van der Waals surface area (Å²) in [6.45, 7) is 5.48. The minimum atomic E-state index is -0.257. The lowest BCUT2D eigenvalue weighted by molar-refractivity contribution is 0.164. The first kappa shape index (κ1) is 13.1. The van der Waals surface area contributed by atoms with Crippen molar-refractivity contribution in [3.05, 3.63) is 11.9 Å². The Morgan fingerprint density at radius 2 is 1.94 bits per heavy atom. The zero-order valence-electron chi connectivity index (χ0n) is 11.1. The van der Waals surface area contributed by atoms with E-state index in [9.17, 15) is 5.11 Å². The van der Waals surface area contributed by atoms with Crippen molar-refractivity contribution >= 4 is 11.6 Å². The van der Waals surface area contributed by atoms with E-state index in [1.165, 1.54) is 0 Å². The zero-order chi connectivity index (χ0) is 13.0. The van der Waals surface area contributed by atoms with E-state index in [1.54, 1.807) is 0 Å². The molecule has 3 N–H and O–H groups in total. The highest BCUT2D eigenvalue weighted by Gasteiger charge is 2.29. The van der Waals surface area contributed by atoms with Crippen molar-refractivity contribution in [3.8, 4) is 0 Å². The van der Waals surface area contributed by atoms with Crippen molar-refractivity contribution in [2.24, 2.45) is 5.92 Å². The van der Waals surface area contributed by atoms with Crippen LogP contribution in [0.15, 0.2) is 6.07 Å². The van der Waals surface area contributed by atoms with E-state index in [0.29, 0.717) is 12.5 Å². The summed E-state index contributed by atoms with van der Waals surface area (Å²) >= 11 is 0. The third-order valence-corrected chi connectivity index (χ3v) is 3.11. The summed E-state index contributed by atoms with van der Waals surface area (Å²) in [6.07, 6.45) is 2.84. The maximum atomic E-state index is 9.83. The fourth-order valence-corrected chi connectivity index (χ4v) is 1.87. The van der Waals surface area contributed by atoms with Crippen molar-refractivity contribution in [1.82, 2.24) is 9.97 Å². The largest absolute Gasteiger partial charge is 0.391 e. The number of aliphatic hydroxyl groups is 1. The van der Waals surface area contributed by atoms with Gasteiger partial charge in [0.05, 0.1) is 6.10 Å². The fraction of sp³-hybridized carbons (Fsp3) is 0.692. The average molecular weight is 250 g/mol. The lowest BCUT2D eigenvalue weighted by atomic mass is 10.2. The van der Waals surface area contributed by atoms with Crippen LogP contribution in [0.25, 0.3) is 0 Å². The summed E-state index contributed by atoms with van der Waals surface area (Å²) < 4.78 is 0. The van der Waals surface area contributed by atoms with Gasteiger partial charge in [-0.25, -0.2) is 9.97 Å². The van der Waals surface area contributed by atoms with Gasteiger partial charge < -0.3 is 15.7 Å². The van der Waals surface area contributed by atoms with Crippen LogP contribution in [-0.4, -0.2) is 34.3 Å². The molecule has 0 aromatic carbocycles. The molecular weight excluding hydrogens is 228 g/mol. The Kier molecular flexibility index (Phi) is 4.36. The normalized spacial score (nSPS) is 16.4. The van der Waals surface area contributed by atoms with E-state index in [2.05, 4.69) is 20.6 Å². The molecule has 0 bridgehead atoms. The van der Waals surface area contributed by atoms with E-state index >= 15 is 0 Å². The van der Waals surface area contributed by atoms with Crippen LogP contribution in [0.1, 0.15) is 32.5 Å². The van der Waals surface area contributed by atoms with Crippen molar-refractivity contribution in [1.29, 1.82) is 0 Å². The van der Waals surface area contributed by atoms with Gasteiger partial charge in [0.2, 0.25) is 0 Å². The van der Waals surface area contributed by atoms with Crippen LogP contribution in [0, 0.1) is 5.92 Å². The number of nitrogens with zero attached hydrogens (tertiary/aromatic N) is 2. The number of hydrogen-bond donors (Lipinski definition) is 3. The van der Waals surface area contributed by atoms with Crippen molar-refractivity contribution in [2.45, 2.75) is 39.2 Å². The highest BCUT2D eigenvalue weighted by atomic mass is 16.3. The Balaban J connectivity index is 1.98. The second kappa shape index (κ2) is 6.00. The maximum Gasteiger partial charge on any atom is 0.132 e. The predicted molar refractivity (Wildman–Crippen MR) is 72.8 cm³/mol. The maximum absolute atomic E-state index is 9.83. The summed E-state index contributed by atoms with van der Waals surface area (Å²) in [4.78, 5) is 8.80. The number of aliphatic hydroxyl groups excluding tert-OH is 1. The monoisotopic (exact) mass is 250 g/mol. The van der Waals surface area contributed by atoms with Crippen LogP contribution >= 0.6 is 0 Å². The minimum absolute atomic E-state index is 0.257. The van der Waals surface area contributed by atoms with Crippen molar-refractivity contribution in [3.63, 3.8) is 0 Å². The smallest absolute Gasteiger partial charge is 0.132 e. The van der Waals surface area contributed by atoms with E-state index in [4.69, 9.17) is 0 Å². The minimum Gasteiger partial charge on any atom is -0.391 e. The molecule has 1 aromatic rings. The quantitative estimate of drug-likeness (QED) is 0.686. The van der Waals surface area contributed by atoms with Crippen LogP contribution in [-0.2, 0) is 6.42 Å². The number of anilines is 2. The third kappa shape index (κ3) is 3.57. The van der Waals surface area contributed by atoms with Gasteiger partial charge in [-0.05, 0) is 25.7 Å². The Morgan fingerprint density at radius 1 is 1.28 bits per heavy atom. The molecule has 18 heavy (non-hydrogen) atoms. The first-order valence-corrected chi connectivity index (χ1v) is 6.76. The average Bonchev–Trinajstić information content (AvgIpc) is 3.20. The second-order valence-electron chi connectivity index (χ2n) is 4.72. The molecule has 1 unspecified atom stereocenters. The lowest BCUT2D eigenvalue weighted by Gasteiger charge is -2.13. The highest BCUT2D eigenvalue weighted by Crippen LogP contribution is 2.32. The van der Waals surface area contributed by atoms with E-state index < -0.39 is 0 Å². The summed E-state index contributed by atoms with van der Waals surface area (Å²) in [5.74, 6) is 2.93. The Morgan fingerprint density at radius 3 is 2.50 bits per heavy atom. The van der Waals surface area contributed by atoms with Crippen molar-refractivity contribution in [2.75, 3.05) is 23.7 Å². The number of nitrogens with one attached hydrogen (secondary N) is 2. The van der Waals surface area contributed by atoms with Gasteiger partial charge in [-0.3, -0.25) is 0 Å². The molecule has 0 amide bonds. The summed E-state index contributed by atoms with van der Waals surface area (Å²) in [6, 6.07) is 1.89. The molecule has 1 aromatic heterocycles. The SMILES string of the molecule is CCNc1cc(NCC(O)C2CC2)nc(CC)n1. The molecule has 0 aliphatic heterocycles. The van der Waals surface area contributed by atoms with Crippen LogP contribution in [0.3, 0.4) is 0 Å². The van der Waals surface area contributed by atoms with Gasteiger partial charge in [0.1, 0.15) is 17.5 Å². The van der Waals surface area contributed by atoms with E-state index in [-0.39, 0.29) is 6.10 Å². The molecule has 0 spiro atoms. The number of hydrogen-bond acceptors (Lipinski definition) is 5. The second-order valence-corrected chi connectivity index (χ2v) is 4.72. The molecule has 1 fully saturated rings. The molecule has 0 radical (unpaired) electrons. The molecular formula is C13H22N4O. The Hall–Kier alpha value is -1.36. The van der Waals surface area contributed by atoms with Gasteiger partial charge in [0.15, 0.2) is 0 Å². The molecule has 5 nitrogen and oxygen atoms in total. The molecule has 1 saturated carbocycles. The molecule has 1 aliphatic carbocycles. The molecule has 1 aliphatic rings. The molecule has 1 heterocycles. The lowest BCUT2D eigenvalue weighted by Crippen LogP contribution is -2.22. The standard InChI is InChI=1S/C13H22N4O/c1-3-11-16-12(14-4-2)7-13(17-11)15-8-10(18)9-5-6-9/h7,9-10,18H,3-6,8H2,1-2H3,(H2,14,15,16,17). The van der Waals surface area contributed by atoms with E-state index in [0.717, 1.165) is 43.3 Å². The first-order valence-electron chi connectivity index (χ1n) is 6.76.